The summed E-state index contributed by atoms with van der Waals surface area (Å²) < 4.78 is 14.3. The van der Waals surface area contributed by atoms with Gasteiger partial charge in [-0.3, -0.25) is 5.10 Å². The first kappa shape index (κ1) is 17.9. The van der Waals surface area contributed by atoms with Crippen LogP contribution in [0.25, 0.3) is 11.0 Å². The molecule has 4 N–H and O–H groups in total. The fourth-order valence-electron chi connectivity index (χ4n) is 3.24. The third kappa shape index (κ3) is 3.27. The van der Waals surface area contributed by atoms with E-state index in [-0.39, 0.29) is 0 Å². The number of benzene rings is 1. The molecule has 1 aliphatic rings. The molecule has 10 heteroatoms. The second-order valence-corrected chi connectivity index (χ2v) is 7.47. The summed E-state index contributed by atoms with van der Waals surface area (Å²) in [6.45, 7) is 0. The quantitative estimate of drug-likeness (QED) is 0.380. The number of hydrogen-bond donors (Lipinski definition) is 4. The van der Waals surface area contributed by atoms with Crippen LogP contribution in [0, 0.1) is 0 Å². The fourth-order valence-corrected chi connectivity index (χ4v) is 3.52. The maximum atomic E-state index is 14.3. The van der Waals surface area contributed by atoms with E-state index in [0.29, 0.717) is 47.6 Å². The smallest absolute Gasteiger partial charge is 0.224 e. The summed E-state index contributed by atoms with van der Waals surface area (Å²) in [7, 11) is 1.74. The molecular weight excluding hydrogens is 395 g/mol. The third-order valence-corrected chi connectivity index (χ3v) is 5.50. The Balaban J connectivity index is 1.47. The summed E-state index contributed by atoms with van der Waals surface area (Å²) in [6.07, 6.45) is 4.89. The zero-order valence-electron chi connectivity index (χ0n) is 15.6. The Bertz CT molecular complexity index is 1200. The van der Waals surface area contributed by atoms with Gasteiger partial charge in [0.25, 0.3) is 0 Å². The van der Waals surface area contributed by atoms with Gasteiger partial charge in [-0.25, -0.2) is 14.4 Å². The van der Waals surface area contributed by atoms with Gasteiger partial charge in [-0.2, -0.15) is 10.1 Å². The van der Waals surface area contributed by atoms with Crippen LogP contribution in [-0.2, 0) is 12.1 Å². The van der Waals surface area contributed by atoms with Crippen molar-refractivity contribution in [2.24, 2.45) is 0 Å². The van der Waals surface area contributed by atoms with Crippen LogP contribution in [0.3, 0.4) is 0 Å². The van der Waals surface area contributed by atoms with Crippen LogP contribution in [0.1, 0.15) is 29.7 Å². The van der Waals surface area contributed by atoms with Gasteiger partial charge in [0.2, 0.25) is 5.95 Å². The van der Waals surface area contributed by atoms with E-state index in [9.17, 15) is 4.39 Å². The first-order valence-electron chi connectivity index (χ1n) is 9.22. The van der Waals surface area contributed by atoms with Crippen molar-refractivity contribution in [1.29, 1.82) is 0 Å². The van der Waals surface area contributed by atoms with Gasteiger partial charge in [0.1, 0.15) is 11.3 Å². The standard InChI is InChI=1S/C19H18ClFN8/c1-22-18-23-8-11(6-10-2-3-12-16(15(10)20)25-9-24-12)17(27-18)26-14-7-13(28-29-14)19(21)4-5-19/h2-3,7-9H,4-6H2,1H3,(H,24,25)(H3,22,23,26,27,28,29). The number of nitrogens with one attached hydrogen (secondary N) is 4. The van der Waals surface area contributed by atoms with Gasteiger partial charge in [-0.15, -0.1) is 0 Å². The lowest BCUT2D eigenvalue weighted by Crippen LogP contribution is -2.05. The highest BCUT2D eigenvalue weighted by atomic mass is 35.5. The van der Waals surface area contributed by atoms with Crippen molar-refractivity contribution < 1.29 is 4.39 Å². The lowest BCUT2D eigenvalue weighted by molar-refractivity contribution is 0.309. The predicted octanol–water partition coefficient (Wildman–Crippen LogP) is 4.06. The molecule has 1 aliphatic carbocycles. The Morgan fingerprint density at radius 2 is 2.10 bits per heavy atom. The van der Waals surface area contributed by atoms with E-state index in [0.717, 1.165) is 22.2 Å². The van der Waals surface area contributed by atoms with Crippen molar-refractivity contribution in [3.8, 4) is 0 Å². The number of rotatable bonds is 6. The molecule has 0 atom stereocenters. The maximum absolute atomic E-state index is 14.3. The van der Waals surface area contributed by atoms with Crippen LogP contribution in [0.15, 0.2) is 30.7 Å². The van der Waals surface area contributed by atoms with Crippen molar-refractivity contribution >= 4 is 40.2 Å². The van der Waals surface area contributed by atoms with Gasteiger partial charge in [0, 0.05) is 31.3 Å². The highest BCUT2D eigenvalue weighted by Gasteiger charge is 2.46. The number of fused-ring (bicyclic) bond motifs is 1. The average Bonchev–Trinajstić information content (AvgIpc) is 3.12. The summed E-state index contributed by atoms with van der Waals surface area (Å²) in [4.78, 5) is 16.1. The normalized spacial score (nSPS) is 14.9. The first-order valence-corrected chi connectivity index (χ1v) is 9.59. The topological polar surface area (TPSA) is 107 Å². The number of imidazole rings is 1. The molecule has 4 aromatic rings. The van der Waals surface area contributed by atoms with Gasteiger partial charge in [0.15, 0.2) is 11.5 Å². The van der Waals surface area contributed by atoms with Crippen LogP contribution in [-0.4, -0.2) is 37.2 Å². The van der Waals surface area contributed by atoms with E-state index in [1.54, 1.807) is 25.6 Å². The second-order valence-electron chi connectivity index (χ2n) is 7.09. The Morgan fingerprint density at radius 1 is 1.24 bits per heavy atom. The van der Waals surface area contributed by atoms with Crippen molar-refractivity contribution in [1.82, 2.24) is 30.1 Å². The number of H-pyrrole nitrogens is 2. The number of halogens is 2. The van der Waals surface area contributed by atoms with Gasteiger partial charge in [-0.05, 0) is 24.5 Å². The molecule has 0 amide bonds. The van der Waals surface area contributed by atoms with Gasteiger partial charge < -0.3 is 15.6 Å². The molecular formula is C19H18ClFN8. The van der Waals surface area contributed by atoms with Crippen LogP contribution in [0.2, 0.25) is 5.02 Å². The molecule has 8 nitrogen and oxygen atoms in total. The summed E-state index contributed by atoms with van der Waals surface area (Å²) in [5, 5.41) is 13.6. The summed E-state index contributed by atoms with van der Waals surface area (Å²) in [6, 6.07) is 5.57. The van der Waals surface area contributed by atoms with Crippen LogP contribution < -0.4 is 10.6 Å². The van der Waals surface area contributed by atoms with E-state index in [1.807, 2.05) is 12.1 Å². The van der Waals surface area contributed by atoms with Crippen LogP contribution in [0.5, 0.6) is 0 Å². The minimum Gasteiger partial charge on any atom is -0.357 e. The summed E-state index contributed by atoms with van der Waals surface area (Å²) in [5.41, 5.74) is 2.54. The molecule has 1 saturated carbocycles. The van der Waals surface area contributed by atoms with Gasteiger partial charge in [-0.1, -0.05) is 17.7 Å². The number of hydrogen-bond acceptors (Lipinski definition) is 6. The van der Waals surface area contributed by atoms with Crippen molar-refractivity contribution in [3.05, 3.63) is 52.6 Å². The molecule has 1 fully saturated rings. The largest absolute Gasteiger partial charge is 0.357 e. The SMILES string of the molecule is CNc1ncc(Cc2ccc3[nH]cnc3c2Cl)c(Nc2cc(C3(F)CC3)[nH]n2)n1. The molecule has 0 spiro atoms. The maximum Gasteiger partial charge on any atom is 0.224 e. The molecule has 3 aromatic heterocycles. The molecule has 0 bridgehead atoms. The minimum absolute atomic E-state index is 0.463. The zero-order valence-corrected chi connectivity index (χ0v) is 16.3. The average molecular weight is 413 g/mol. The Labute approximate surface area is 170 Å². The highest BCUT2D eigenvalue weighted by molar-refractivity contribution is 6.35. The molecule has 3 heterocycles. The van der Waals surface area contributed by atoms with Crippen LogP contribution in [0.4, 0.5) is 22.0 Å². The number of anilines is 3. The predicted molar refractivity (Wildman–Crippen MR) is 109 cm³/mol. The lowest BCUT2D eigenvalue weighted by Gasteiger charge is -2.12. The van der Waals surface area contributed by atoms with E-state index in [2.05, 4.69) is 40.8 Å². The number of alkyl halides is 1. The van der Waals surface area contributed by atoms with E-state index in [4.69, 9.17) is 11.6 Å². The molecule has 5 rings (SSSR count). The molecule has 29 heavy (non-hydrogen) atoms. The Hall–Kier alpha value is -3.20. The van der Waals surface area contributed by atoms with Crippen molar-refractivity contribution in [2.75, 3.05) is 17.7 Å². The van der Waals surface area contributed by atoms with Gasteiger partial charge in [0.05, 0.1) is 22.6 Å². The second kappa shape index (κ2) is 6.70. The number of aromatic amines is 2. The fraction of sp³-hybridized carbons (Fsp3) is 0.263. The van der Waals surface area contributed by atoms with Crippen LogP contribution >= 0.6 is 11.6 Å². The Kier molecular flexibility index (Phi) is 4.13. The van der Waals surface area contributed by atoms with Crippen molar-refractivity contribution in [2.45, 2.75) is 24.9 Å². The van der Waals surface area contributed by atoms with E-state index < -0.39 is 5.67 Å². The number of nitrogens with zero attached hydrogens (tertiary/aromatic N) is 4. The highest BCUT2D eigenvalue weighted by Crippen LogP contribution is 2.49. The minimum atomic E-state index is -1.27. The third-order valence-electron chi connectivity index (χ3n) is 5.07. The lowest BCUT2D eigenvalue weighted by atomic mass is 10.1. The molecule has 1 aromatic carbocycles. The van der Waals surface area contributed by atoms with Gasteiger partial charge >= 0.3 is 0 Å². The molecule has 0 unspecified atom stereocenters. The number of aromatic nitrogens is 6. The monoisotopic (exact) mass is 412 g/mol. The van der Waals surface area contributed by atoms with E-state index >= 15 is 0 Å². The first-order chi connectivity index (χ1) is 14.1. The van der Waals surface area contributed by atoms with E-state index in [1.165, 1.54) is 0 Å². The zero-order chi connectivity index (χ0) is 20.0. The van der Waals surface area contributed by atoms with Crippen molar-refractivity contribution in [3.63, 3.8) is 0 Å². The summed E-state index contributed by atoms with van der Waals surface area (Å²) in [5.74, 6) is 1.54. The molecule has 0 aliphatic heterocycles. The molecule has 148 valence electrons. The Morgan fingerprint density at radius 3 is 2.90 bits per heavy atom. The molecule has 0 radical (unpaired) electrons. The molecule has 0 saturated heterocycles. The summed E-state index contributed by atoms with van der Waals surface area (Å²) >= 11 is 6.55.